The quantitative estimate of drug-likeness (QED) is 0.202. The molecule has 186 valence electrons. The van der Waals surface area contributed by atoms with E-state index in [1.807, 2.05) is 31.3 Å². The molecule has 5 rings (SSSR count). The lowest BCUT2D eigenvalue weighted by Crippen LogP contribution is -2.14. The van der Waals surface area contributed by atoms with Crippen LogP contribution in [0.4, 0.5) is 10.1 Å². The number of benzene rings is 4. The Morgan fingerprint density at radius 3 is 2.27 bits per heavy atom. The van der Waals surface area contributed by atoms with Crippen LogP contribution in [0.3, 0.4) is 0 Å². The zero-order valence-corrected chi connectivity index (χ0v) is 21.8. The molecule has 1 aromatic heterocycles. The van der Waals surface area contributed by atoms with Gasteiger partial charge in [0.25, 0.3) is 0 Å². The number of halogens is 1. The molecule has 0 unspecified atom stereocenters. The third kappa shape index (κ3) is 5.48. The monoisotopic (exact) mass is 508 g/mol. The molecule has 1 heterocycles. The number of rotatable bonds is 9. The second kappa shape index (κ2) is 11.5. The molecular formula is C32H29FN2OS. The van der Waals surface area contributed by atoms with Crippen LogP contribution in [0.2, 0.25) is 0 Å². The average Bonchev–Trinajstić information content (AvgIpc) is 3.29. The maximum atomic E-state index is 13.6. The maximum Gasteiger partial charge on any atom is 0.139 e. The van der Waals surface area contributed by atoms with Crippen molar-refractivity contribution in [3.05, 3.63) is 120 Å². The summed E-state index contributed by atoms with van der Waals surface area (Å²) in [7, 11) is 1.92. The van der Waals surface area contributed by atoms with E-state index in [1.54, 1.807) is 24.1 Å². The summed E-state index contributed by atoms with van der Waals surface area (Å²) < 4.78 is 22.4. The molecule has 4 aromatic carbocycles. The molecule has 5 aromatic rings. The van der Waals surface area contributed by atoms with Crippen molar-refractivity contribution in [2.45, 2.75) is 6.54 Å². The van der Waals surface area contributed by atoms with Gasteiger partial charge in [-0.15, -0.1) is 0 Å². The lowest BCUT2D eigenvalue weighted by atomic mass is 9.98. The van der Waals surface area contributed by atoms with Gasteiger partial charge in [0.2, 0.25) is 0 Å². The van der Waals surface area contributed by atoms with Crippen LogP contribution in [-0.2, 0) is 6.54 Å². The van der Waals surface area contributed by atoms with E-state index in [0.717, 1.165) is 51.2 Å². The summed E-state index contributed by atoms with van der Waals surface area (Å²) in [5, 5.41) is 4.33. The minimum atomic E-state index is -0.261. The van der Waals surface area contributed by atoms with Crippen LogP contribution in [0.1, 0.15) is 11.1 Å². The van der Waals surface area contributed by atoms with Crippen molar-refractivity contribution in [3.8, 4) is 22.5 Å². The van der Waals surface area contributed by atoms with Gasteiger partial charge in [0.1, 0.15) is 17.2 Å². The van der Waals surface area contributed by atoms with Crippen LogP contribution >= 0.6 is 11.9 Å². The third-order valence-corrected chi connectivity index (χ3v) is 7.11. The van der Waals surface area contributed by atoms with Crippen LogP contribution < -0.4 is 9.62 Å². The fourth-order valence-electron chi connectivity index (χ4n) is 4.55. The van der Waals surface area contributed by atoms with Gasteiger partial charge in [-0.2, -0.15) is 0 Å². The van der Waals surface area contributed by atoms with Gasteiger partial charge in [-0.05, 0) is 48.5 Å². The van der Waals surface area contributed by atoms with Gasteiger partial charge in [-0.1, -0.05) is 84.8 Å². The van der Waals surface area contributed by atoms with E-state index in [2.05, 4.69) is 76.6 Å². The first kappa shape index (κ1) is 24.9. The van der Waals surface area contributed by atoms with Gasteiger partial charge >= 0.3 is 0 Å². The molecule has 0 aliphatic heterocycles. The molecule has 3 nitrogen and oxygen atoms in total. The van der Waals surface area contributed by atoms with Gasteiger partial charge in [-0.25, -0.2) is 4.39 Å². The van der Waals surface area contributed by atoms with Crippen LogP contribution in [0.5, 0.6) is 0 Å². The first-order valence-corrected chi connectivity index (χ1v) is 13.4. The molecule has 0 atom stereocenters. The highest BCUT2D eigenvalue weighted by molar-refractivity contribution is 8.00. The third-order valence-electron chi connectivity index (χ3n) is 6.32. The summed E-state index contributed by atoms with van der Waals surface area (Å²) in [4.78, 5) is 0. The number of nitrogens with one attached hydrogen (secondary N) is 1. The first-order chi connectivity index (χ1) is 18.2. The van der Waals surface area contributed by atoms with Gasteiger partial charge in [-0.3, -0.25) is 0 Å². The molecular weight excluding hydrogens is 479 g/mol. The Balaban J connectivity index is 1.64. The second-order valence-electron chi connectivity index (χ2n) is 8.74. The van der Waals surface area contributed by atoms with Gasteiger partial charge in [0, 0.05) is 47.5 Å². The summed E-state index contributed by atoms with van der Waals surface area (Å²) in [6, 6.07) is 31.6. The van der Waals surface area contributed by atoms with Crippen LogP contribution in [0.15, 0.2) is 108 Å². The van der Waals surface area contributed by atoms with Crippen molar-refractivity contribution in [3.63, 3.8) is 0 Å². The van der Waals surface area contributed by atoms with Crippen molar-refractivity contribution < 1.29 is 8.81 Å². The Hall–Kier alpha value is -3.80. The summed E-state index contributed by atoms with van der Waals surface area (Å²) >= 11 is 1.68. The highest BCUT2D eigenvalue weighted by Gasteiger charge is 2.20. The number of furan rings is 1. The fraction of sp³-hybridized carbons (Fsp3) is 0.125. The summed E-state index contributed by atoms with van der Waals surface area (Å²) in [5.41, 5.74) is 7.27. The van der Waals surface area contributed by atoms with Crippen molar-refractivity contribution in [2.24, 2.45) is 0 Å². The van der Waals surface area contributed by atoms with E-state index >= 15 is 0 Å². The van der Waals surface area contributed by atoms with E-state index < -0.39 is 0 Å². The van der Waals surface area contributed by atoms with Gasteiger partial charge in [0.15, 0.2) is 0 Å². The number of hydrogen-bond donors (Lipinski definition) is 1. The van der Waals surface area contributed by atoms with Crippen molar-refractivity contribution in [2.75, 3.05) is 24.2 Å². The predicted molar refractivity (Wildman–Crippen MR) is 156 cm³/mol. The fourth-order valence-corrected chi connectivity index (χ4v) is 5.13. The Labute approximate surface area is 221 Å². The number of fused-ring (bicyclic) bond motifs is 1. The van der Waals surface area contributed by atoms with E-state index in [9.17, 15) is 4.39 Å². The van der Waals surface area contributed by atoms with E-state index in [-0.39, 0.29) is 5.82 Å². The minimum Gasteiger partial charge on any atom is -0.456 e. The first-order valence-electron chi connectivity index (χ1n) is 12.3. The molecule has 0 fully saturated rings. The van der Waals surface area contributed by atoms with Crippen LogP contribution in [0.25, 0.3) is 39.5 Å². The lowest BCUT2D eigenvalue weighted by Gasteiger charge is -2.23. The molecule has 0 saturated heterocycles. The molecule has 0 spiro atoms. The van der Waals surface area contributed by atoms with Gasteiger partial charge in [0.05, 0.1) is 5.69 Å². The van der Waals surface area contributed by atoms with E-state index in [0.29, 0.717) is 6.54 Å². The number of anilines is 1. The normalized spacial score (nSPS) is 11.4. The van der Waals surface area contributed by atoms with E-state index in [1.165, 1.54) is 17.7 Å². The second-order valence-corrected chi connectivity index (χ2v) is 9.54. The number of hydrogen-bond acceptors (Lipinski definition) is 4. The maximum absolute atomic E-state index is 13.6. The predicted octanol–water partition coefficient (Wildman–Crippen LogP) is 8.42. The summed E-state index contributed by atoms with van der Waals surface area (Å²) in [5.74, 6) is 0.503. The highest BCUT2D eigenvalue weighted by atomic mass is 32.2. The van der Waals surface area contributed by atoms with Crippen LogP contribution in [0, 0.1) is 5.82 Å². The van der Waals surface area contributed by atoms with Crippen molar-refractivity contribution in [1.29, 1.82) is 0 Å². The summed E-state index contributed by atoms with van der Waals surface area (Å²) in [6.07, 6.45) is 6.42. The van der Waals surface area contributed by atoms with Crippen molar-refractivity contribution in [1.82, 2.24) is 5.32 Å². The molecule has 0 amide bonds. The summed E-state index contributed by atoms with van der Waals surface area (Å²) in [6.45, 7) is 1.37. The Morgan fingerprint density at radius 2 is 1.59 bits per heavy atom. The topological polar surface area (TPSA) is 28.4 Å². The Morgan fingerprint density at radius 1 is 0.892 bits per heavy atom. The highest BCUT2D eigenvalue weighted by Crippen LogP contribution is 2.42. The molecule has 0 aliphatic rings. The number of nitrogens with zero attached hydrogens (tertiary/aromatic N) is 1. The SMILES string of the molecule is CNCc1c(-c2ccc(F)cc2)oc2cc(N(C/C=C/c3ccccc3)SC)c(-c3ccccc3)cc12. The van der Waals surface area contributed by atoms with Crippen molar-refractivity contribution >= 4 is 34.7 Å². The zero-order chi connectivity index (χ0) is 25.6. The standard InChI is InChI=1S/C32H29FN2OS/c1-34-22-29-28-20-27(24-13-7-4-8-14-24)30(35(37-2)19-9-12-23-10-5-3-6-11-23)21-31(28)36-32(29)25-15-17-26(33)18-16-25/h3-18,20-21,34H,19,22H2,1-2H3/b12-9+. The van der Waals surface area contributed by atoms with Gasteiger partial charge < -0.3 is 14.0 Å². The smallest absolute Gasteiger partial charge is 0.139 e. The largest absolute Gasteiger partial charge is 0.456 e. The lowest BCUT2D eigenvalue weighted by molar-refractivity contribution is 0.619. The average molecular weight is 509 g/mol. The minimum absolute atomic E-state index is 0.261. The molecule has 0 radical (unpaired) electrons. The Kier molecular flexibility index (Phi) is 7.73. The van der Waals surface area contributed by atoms with E-state index in [4.69, 9.17) is 4.42 Å². The molecule has 37 heavy (non-hydrogen) atoms. The zero-order valence-electron chi connectivity index (χ0n) is 20.9. The molecule has 0 bridgehead atoms. The van der Waals surface area contributed by atoms with Crippen LogP contribution in [-0.4, -0.2) is 19.8 Å². The molecule has 0 saturated carbocycles. The molecule has 5 heteroatoms. The molecule has 1 N–H and O–H groups in total. The molecule has 0 aliphatic carbocycles. The Bertz CT molecular complexity index is 1500.